The summed E-state index contributed by atoms with van der Waals surface area (Å²) in [7, 11) is 4.03. The summed E-state index contributed by atoms with van der Waals surface area (Å²) in [6, 6.07) is 11.1. The van der Waals surface area contributed by atoms with Crippen LogP contribution in [0.1, 0.15) is 18.2 Å². The minimum Gasteiger partial charge on any atom is -0.373 e. The van der Waals surface area contributed by atoms with Crippen molar-refractivity contribution < 1.29 is 4.74 Å². The van der Waals surface area contributed by atoms with E-state index in [1.807, 2.05) is 19.0 Å². The smallest absolute Gasteiger partial charge is 0.194 e. The van der Waals surface area contributed by atoms with Crippen molar-refractivity contribution in [3.8, 4) is 0 Å². The van der Waals surface area contributed by atoms with E-state index < -0.39 is 0 Å². The SMILES string of the molecule is CCNC(=NCc1csc(N(C)C)n1)N1CC2OCCN(Cc3ccccc3)C2C1.I. The zero-order valence-electron chi connectivity index (χ0n) is 18.5. The van der Waals surface area contributed by atoms with Gasteiger partial charge in [-0.15, -0.1) is 35.3 Å². The Morgan fingerprint density at radius 2 is 2.10 bits per heavy atom. The second-order valence-corrected chi connectivity index (χ2v) is 8.86. The summed E-state index contributed by atoms with van der Waals surface area (Å²) in [6.07, 6.45) is 0.228. The highest BCUT2D eigenvalue weighted by molar-refractivity contribution is 14.0. The topological polar surface area (TPSA) is 56.2 Å². The molecule has 0 bridgehead atoms. The lowest BCUT2D eigenvalue weighted by atomic mass is 10.1. The van der Waals surface area contributed by atoms with Crippen LogP contribution in [0.4, 0.5) is 5.13 Å². The molecular weight excluding hydrogens is 523 g/mol. The third-order valence-electron chi connectivity index (χ3n) is 5.59. The molecule has 2 atom stereocenters. The van der Waals surface area contributed by atoms with E-state index in [-0.39, 0.29) is 30.1 Å². The van der Waals surface area contributed by atoms with Gasteiger partial charge in [0.15, 0.2) is 11.1 Å². The number of benzene rings is 1. The molecule has 1 aromatic heterocycles. The first-order chi connectivity index (χ1) is 14.6. The average molecular weight is 557 g/mol. The van der Waals surface area contributed by atoms with Crippen LogP contribution in [0.5, 0.6) is 0 Å². The number of aromatic nitrogens is 1. The zero-order valence-corrected chi connectivity index (χ0v) is 21.7. The molecule has 0 radical (unpaired) electrons. The van der Waals surface area contributed by atoms with Gasteiger partial charge in [-0.2, -0.15) is 0 Å². The van der Waals surface area contributed by atoms with Crippen LogP contribution < -0.4 is 10.2 Å². The normalized spacial score (nSPS) is 21.5. The van der Waals surface area contributed by atoms with E-state index in [0.29, 0.717) is 12.6 Å². The summed E-state index contributed by atoms with van der Waals surface area (Å²) >= 11 is 1.66. The first kappa shape index (κ1) is 24.2. The highest BCUT2D eigenvalue weighted by Gasteiger charge is 2.41. The van der Waals surface area contributed by atoms with Crippen LogP contribution in [0, 0.1) is 0 Å². The number of nitrogens with one attached hydrogen (secondary N) is 1. The predicted molar refractivity (Wildman–Crippen MR) is 139 cm³/mol. The van der Waals surface area contributed by atoms with Crippen molar-refractivity contribution in [2.75, 3.05) is 51.8 Å². The largest absolute Gasteiger partial charge is 0.373 e. The second kappa shape index (κ2) is 11.4. The Bertz CT molecular complexity index is 846. The number of thiazole rings is 1. The van der Waals surface area contributed by atoms with Crippen molar-refractivity contribution in [2.45, 2.75) is 32.2 Å². The van der Waals surface area contributed by atoms with Gasteiger partial charge in [0.05, 0.1) is 31.0 Å². The summed E-state index contributed by atoms with van der Waals surface area (Å²) in [5.41, 5.74) is 2.37. The molecule has 2 aromatic rings. The van der Waals surface area contributed by atoms with Crippen LogP contribution in [-0.4, -0.2) is 79.8 Å². The molecule has 7 nitrogen and oxygen atoms in total. The van der Waals surface area contributed by atoms with Crippen molar-refractivity contribution in [1.82, 2.24) is 20.1 Å². The number of nitrogens with zero attached hydrogens (tertiary/aromatic N) is 5. The van der Waals surface area contributed by atoms with Crippen LogP contribution in [0.25, 0.3) is 0 Å². The molecule has 1 N–H and O–H groups in total. The Kier molecular flexibility index (Phi) is 8.94. The van der Waals surface area contributed by atoms with Gasteiger partial charge in [-0.05, 0) is 12.5 Å². The number of morpholine rings is 1. The number of rotatable bonds is 6. The van der Waals surface area contributed by atoms with Crippen LogP contribution in [0.2, 0.25) is 0 Å². The molecule has 2 unspecified atom stereocenters. The summed E-state index contributed by atoms with van der Waals surface area (Å²) < 4.78 is 6.14. The third kappa shape index (κ3) is 6.09. The van der Waals surface area contributed by atoms with Gasteiger partial charge in [0, 0.05) is 52.2 Å². The Labute approximate surface area is 206 Å². The highest BCUT2D eigenvalue weighted by Crippen LogP contribution is 2.25. The van der Waals surface area contributed by atoms with Gasteiger partial charge in [0.1, 0.15) is 0 Å². The summed E-state index contributed by atoms with van der Waals surface area (Å²) in [5.74, 6) is 0.953. The van der Waals surface area contributed by atoms with E-state index in [2.05, 4.69) is 62.7 Å². The fourth-order valence-corrected chi connectivity index (χ4v) is 4.85. The first-order valence-corrected chi connectivity index (χ1v) is 11.6. The molecular formula is C22H33IN6OS. The fraction of sp³-hybridized carbons (Fsp3) is 0.545. The van der Waals surface area contributed by atoms with Crippen molar-refractivity contribution in [1.29, 1.82) is 0 Å². The molecule has 2 aliphatic rings. The first-order valence-electron chi connectivity index (χ1n) is 10.7. The number of anilines is 1. The van der Waals surface area contributed by atoms with E-state index in [0.717, 1.165) is 56.1 Å². The molecule has 0 aliphatic carbocycles. The van der Waals surface area contributed by atoms with Crippen LogP contribution >= 0.6 is 35.3 Å². The van der Waals surface area contributed by atoms with Gasteiger partial charge in [-0.1, -0.05) is 30.3 Å². The number of ether oxygens (including phenoxy) is 1. The number of fused-ring (bicyclic) bond motifs is 1. The molecule has 4 rings (SSSR count). The van der Waals surface area contributed by atoms with E-state index in [9.17, 15) is 0 Å². The molecule has 3 heterocycles. The van der Waals surface area contributed by atoms with Gasteiger partial charge in [0.2, 0.25) is 0 Å². The molecule has 31 heavy (non-hydrogen) atoms. The number of halogens is 1. The van der Waals surface area contributed by atoms with Crippen molar-refractivity contribution in [3.05, 3.63) is 47.0 Å². The maximum Gasteiger partial charge on any atom is 0.194 e. The maximum absolute atomic E-state index is 6.14. The number of likely N-dealkylation sites (tertiary alicyclic amines) is 1. The lowest BCUT2D eigenvalue weighted by Gasteiger charge is -2.36. The molecule has 2 aliphatic heterocycles. The van der Waals surface area contributed by atoms with Gasteiger partial charge >= 0.3 is 0 Å². The van der Waals surface area contributed by atoms with E-state index in [4.69, 9.17) is 9.73 Å². The molecule has 0 saturated carbocycles. The van der Waals surface area contributed by atoms with Gasteiger partial charge < -0.3 is 19.9 Å². The molecule has 9 heteroatoms. The number of guanidine groups is 1. The lowest BCUT2D eigenvalue weighted by Crippen LogP contribution is -2.50. The van der Waals surface area contributed by atoms with Gasteiger partial charge in [0.25, 0.3) is 0 Å². The van der Waals surface area contributed by atoms with Crippen LogP contribution in [0.15, 0.2) is 40.7 Å². The Morgan fingerprint density at radius 1 is 1.29 bits per heavy atom. The zero-order chi connectivity index (χ0) is 20.9. The summed E-state index contributed by atoms with van der Waals surface area (Å²) in [4.78, 5) is 16.5. The van der Waals surface area contributed by atoms with Gasteiger partial charge in [-0.3, -0.25) is 4.90 Å². The third-order valence-corrected chi connectivity index (χ3v) is 6.65. The fourth-order valence-electron chi connectivity index (χ4n) is 4.10. The second-order valence-electron chi connectivity index (χ2n) is 8.02. The predicted octanol–water partition coefficient (Wildman–Crippen LogP) is 2.88. The molecule has 170 valence electrons. The van der Waals surface area contributed by atoms with Crippen LogP contribution in [-0.2, 0) is 17.8 Å². The summed E-state index contributed by atoms with van der Waals surface area (Å²) in [5, 5.41) is 6.58. The molecule has 2 saturated heterocycles. The molecule has 0 amide bonds. The Hall–Kier alpha value is -1.43. The molecule has 1 aromatic carbocycles. The highest BCUT2D eigenvalue weighted by atomic mass is 127. The Morgan fingerprint density at radius 3 is 2.81 bits per heavy atom. The quantitative estimate of drug-likeness (QED) is 0.336. The number of hydrogen-bond acceptors (Lipinski definition) is 6. The van der Waals surface area contributed by atoms with Gasteiger partial charge in [-0.25, -0.2) is 9.98 Å². The van der Waals surface area contributed by atoms with Crippen molar-refractivity contribution in [2.24, 2.45) is 4.99 Å². The summed E-state index contributed by atoms with van der Waals surface area (Å²) in [6.45, 7) is 8.10. The number of hydrogen-bond donors (Lipinski definition) is 1. The minimum atomic E-state index is 0. The van der Waals surface area contributed by atoms with E-state index in [1.165, 1.54) is 5.56 Å². The standard InChI is InChI=1S/C22H32N6OS.HI/c1-4-23-21(24-12-18-16-30-22(25-18)26(2)3)28-14-19-20(15-28)29-11-10-27(19)13-17-8-6-5-7-9-17;/h5-9,16,19-20H,4,10-15H2,1-3H3,(H,23,24);1H. The Balaban J connectivity index is 0.00000272. The van der Waals surface area contributed by atoms with Crippen molar-refractivity contribution in [3.63, 3.8) is 0 Å². The van der Waals surface area contributed by atoms with E-state index >= 15 is 0 Å². The average Bonchev–Trinajstić information content (AvgIpc) is 3.40. The number of aliphatic imine (C=N–C) groups is 1. The van der Waals surface area contributed by atoms with Crippen LogP contribution in [0.3, 0.4) is 0 Å². The molecule has 0 spiro atoms. The van der Waals surface area contributed by atoms with E-state index in [1.54, 1.807) is 11.3 Å². The minimum absolute atomic E-state index is 0. The maximum atomic E-state index is 6.14. The lowest BCUT2D eigenvalue weighted by molar-refractivity contribution is -0.0502. The molecule has 2 fully saturated rings. The monoisotopic (exact) mass is 556 g/mol. The van der Waals surface area contributed by atoms with Crippen molar-refractivity contribution >= 4 is 46.4 Å².